The van der Waals surface area contributed by atoms with Crippen LogP contribution in [0.3, 0.4) is 0 Å². The first-order valence-electron chi connectivity index (χ1n) is 6.07. The number of imidazole rings is 1. The Morgan fingerprint density at radius 1 is 1.56 bits per heavy atom. The molecule has 1 aliphatic heterocycles. The summed E-state index contributed by atoms with van der Waals surface area (Å²) in [5, 5.41) is 0. The lowest BCUT2D eigenvalue weighted by Crippen LogP contribution is -2.25. The van der Waals surface area contributed by atoms with Gasteiger partial charge in [0, 0.05) is 18.9 Å². The molecule has 1 unspecified atom stereocenters. The van der Waals surface area contributed by atoms with Crippen LogP contribution in [0.4, 0.5) is 5.95 Å². The van der Waals surface area contributed by atoms with Gasteiger partial charge in [-0.05, 0) is 18.6 Å². The van der Waals surface area contributed by atoms with Crippen LogP contribution in [0.2, 0.25) is 0 Å². The molecular formula is C14H15N3O. The van der Waals surface area contributed by atoms with Crippen LogP contribution in [0.5, 0.6) is 0 Å². The van der Waals surface area contributed by atoms with Crippen molar-refractivity contribution in [3.8, 4) is 0 Å². The molecule has 1 atom stereocenters. The molecule has 1 aromatic heterocycles. The largest absolute Gasteiger partial charge is 0.324 e. The Morgan fingerprint density at radius 3 is 3.06 bits per heavy atom. The van der Waals surface area contributed by atoms with Gasteiger partial charge in [-0.1, -0.05) is 18.2 Å². The second-order valence-electron chi connectivity index (χ2n) is 4.74. The normalized spacial score (nSPS) is 19.7. The van der Waals surface area contributed by atoms with Crippen LogP contribution in [0, 0.1) is 12.8 Å². The molecule has 4 heteroatoms. The molecule has 0 spiro atoms. The first-order chi connectivity index (χ1) is 8.69. The summed E-state index contributed by atoms with van der Waals surface area (Å²) in [4.78, 5) is 21.4. The number of nitrogens with one attached hydrogen (secondary N) is 1. The molecule has 1 aromatic carbocycles. The van der Waals surface area contributed by atoms with Gasteiger partial charge in [0.1, 0.15) is 0 Å². The molecule has 1 aliphatic rings. The Morgan fingerprint density at radius 2 is 2.39 bits per heavy atom. The van der Waals surface area contributed by atoms with E-state index in [1.165, 1.54) is 0 Å². The highest BCUT2D eigenvalue weighted by Gasteiger charge is 2.30. The monoisotopic (exact) mass is 241 g/mol. The number of aromatic amines is 1. The lowest BCUT2D eigenvalue weighted by atomic mass is 10.1. The maximum atomic E-state index is 11.9. The summed E-state index contributed by atoms with van der Waals surface area (Å²) in [5.74, 6) is 0.983. The maximum Gasteiger partial charge on any atom is 0.229 e. The van der Waals surface area contributed by atoms with E-state index >= 15 is 0 Å². The van der Waals surface area contributed by atoms with Crippen molar-refractivity contribution in [2.45, 2.75) is 13.3 Å². The van der Waals surface area contributed by atoms with Crippen LogP contribution in [-0.2, 0) is 4.79 Å². The summed E-state index contributed by atoms with van der Waals surface area (Å²) in [6.45, 7) is 6.44. The number of hydrogen-bond acceptors (Lipinski definition) is 2. The van der Waals surface area contributed by atoms with E-state index in [0.29, 0.717) is 18.9 Å². The molecule has 0 radical (unpaired) electrons. The summed E-state index contributed by atoms with van der Waals surface area (Å²) in [7, 11) is 0. The summed E-state index contributed by atoms with van der Waals surface area (Å²) in [5.41, 5.74) is 3.02. The van der Waals surface area contributed by atoms with Crippen LogP contribution >= 0.6 is 0 Å². The third-order valence-corrected chi connectivity index (χ3v) is 3.45. The summed E-state index contributed by atoms with van der Waals surface area (Å²) in [6, 6.07) is 5.98. The molecule has 92 valence electrons. The van der Waals surface area contributed by atoms with Gasteiger partial charge in [0.25, 0.3) is 0 Å². The van der Waals surface area contributed by atoms with Gasteiger partial charge in [-0.15, -0.1) is 6.58 Å². The highest BCUT2D eigenvalue weighted by Crippen LogP contribution is 2.26. The molecule has 18 heavy (non-hydrogen) atoms. The summed E-state index contributed by atoms with van der Waals surface area (Å²) in [6.07, 6.45) is 2.37. The Kier molecular flexibility index (Phi) is 2.44. The molecule has 4 nitrogen and oxygen atoms in total. The lowest BCUT2D eigenvalue weighted by molar-refractivity contribution is -0.117. The summed E-state index contributed by atoms with van der Waals surface area (Å²) < 4.78 is 0. The van der Waals surface area contributed by atoms with Gasteiger partial charge in [0.15, 0.2) is 0 Å². The second-order valence-corrected chi connectivity index (χ2v) is 4.74. The fourth-order valence-corrected chi connectivity index (χ4v) is 2.39. The Labute approximate surface area is 105 Å². The number of rotatable bonds is 2. The number of para-hydroxylation sites is 1. The van der Waals surface area contributed by atoms with Crippen molar-refractivity contribution >= 4 is 22.9 Å². The van der Waals surface area contributed by atoms with E-state index in [4.69, 9.17) is 0 Å². The average Bonchev–Trinajstić information content (AvgIpc) is 2.93. The number of aryl methyl sites for hydroxylation is 1. The van der Waals surface area contributed by atoms with Crippen LogP contribution in [0.1, 0.15) is 12.0 Å². The van der Waals surface area contributed by atoms with Gasteiger partial charge in [0.05, 0.1) is 11.0 Å². The third-order valence-electron chi connectivity index (χ3n) is 3.45. The molecule has 1 amide bonds. The zero-order chi connectivity index (χ0) is 12.7. The number of hydrogen-bond donors (Lipinski definition) is 1. The smallest absolute Gasteiger partial charge is 0.229 e. The molecule has 1 N–H and O–H groups in total. The molecule has 0 saturated carbocycles. The molecule has 0 bridgehead atoms. The highest BCUT2D eigenvalue weighted by atomic mass is 16.2. The van der Waals surface area contributed by atoms with Gasteiger partial charge < -0.3 is 4.98 Å². The van der Waals surface area contributed by atoms with Crippen molar-refractivity contribution in [1.29, 1.82) is 0 Å². The Hall–Kier alpha value is -2.10. The molecule has 3 rings (SSSR count). The summed E-state index contributed by atoms with van der Waals surface area (Å²) >= 11 is 0. The van der Waals surface area contributed by atoms with E-state index in [1.807, 2.05) is 31.2 Å². The van der Waals surface area contributed by atoms with Gasteiger partial charge in [-0.3, -0.25) is 9.69 Å². The number of nitrogens with zero attached hydrogens (tertiary/aromatic N) is 2. The van der Waals surface area contributed by atoms with Crippen molar-refractivity contribution < 1.29 is 4.79 Å². The van der Waals surface area contributed by atoms with Gasteiger partial charge in [-0.25, -0.2) is 4.98 Å². The number of anilines is 1. The van der Waals surface area contributed by atoms with E-state index in [-0.39, 0.29) is 11.8 Å². The van der Waals surface area contributed by atoms with E-state index in [0.717, 1.165) is 16.6 Å². The molecule has 2 aromatic rings. The fourth-order valence-electron chi connectivity index (χ4n) is 2.39. The number of fused-ring (bicyclic) bond motifs is 1. The number of benzene rings is 1. The maximum absolute atomic E-state index is 11.9. The van der Waals surface area contributed by atoms with Crippen molar-refractivity contribution in [3.63, 3.8) is 0 Å². The predicted molar refractivity (Wildman–Crippen MR) is 71.5 cm³/mol. The fraction of sp³-hybridized carbons (Fsp3) is 0.286. The van der Waals surface area contributed by atoms with Crippen molar-refractivity contribution in [3.05, 3.63) is 36.4 Å². The number of aromatic nitrogens is 2. The zero-order valence-corrected chi connectivity index (χ0v) is 10.3. The minimum atomic E-state index is 0.108. The number of carbonyl (C=O) groups is 1. The van der Waals surface area contributed by atoms with E-state index < -0.39 is 0 Å². The van der Waals surface area contributed by atoms with Crippen LogP contribution in [0.25, 0.3) is 11.0 Å². The van der Waals surface area contributed by atoms with Gasteiger partial charge >= 0.3 is 0 Å². The molecular weight excluding hydrogens is 226 g/mol. The average molecular weight is 241 g/mol. The van der Waals surface area contributed by atoms with Crippen LogP contribution < -0.4 is 4.90 Å². The van der Waals surface area contributed by atoms with Crippen molar-refractivity contribution in [2.75, 3.05) is 11.4 Å². The number of carbonyl (C=O) groups excluding carboxylic acids is 1. The van der Waals surface area contributed by atoms with E-state index in [2.05, 4.69) is 16.5 Å². The van der Waals surface area contributed by atoms with E-state index in [1.54, 1.807) is 4.90 Å². The second kappa shape index (κ2) is 3.98. The molecule has 2 heterocycles. The van der Waals surface area contributed by atoms with Crippen molar-refractivity contribution in [2.24, 2.45) is 5.92 Å². The number of H-pyrrole nitrogens is 1. The van der Waals surface area contributed by atoms with Crippen LogP contribution in [0.15, 0.2) is 30.9 Å². The zero-order valence-electron chi connectivity index (χ0n) is 10.3. The van der Waals surface area contributed by atoms with Crippen molar-refractivity contribution in [1.82, 2.24) is 9.97 Å². The van der Waals surface area contributed by atoms with Crippen LogP contribution in [-0.4, -0.2) is 22.4 Å². The minimum absolute atomic E-state index is 0.108. The number of amides is 1. The standard InChI is InChI=1S/C14H15N3O/c1-3-10-7-12(18)17(8-10)14-15-11-6-4-5-9(2)13(11)16-14/h3-6,10H,1,7-8H2,2H3,(H,15,16). The Bertz CT molecular complexity index is 629. The SMILES string of the molecule is C=CC1CC(=O)N(c2nc3c(C)cccc3[nH]2)C1. The predicted octanol–water partition coefficient (Wildman–Crippen LogP) is 2.41. The topological polar surface area (TPSA) is 49.0 Å². The molecule has 0 aliphatic carbocycles. The Balaban J connectivity index is 2.02. The minimum Gasteiger partial charge on any atom is -0.324 e. The molecule has 1 saturated heterocycles. The quantitative estimate of drug-likeness (QED) is 0.821. The van der Waals surface area contributed by atoms with E-state index in [9.17, 15) is 4.79 Å². The highest BCUT2D eigenvalue weighted by molar-refractivity contribution is 5.96. The first kappa shape index (κ1) is 11.0. The first-order valence-corrected chi connectivity index (χ1v) is 6.07. The molecule has 1 fully saturated rings. The van der Waals surface area contributed by atoms with Gasteiger partial charge in [0.2, 0.25) is 11.9 Å². The third kappa shape index (κ3) is 1.61. The lowest BCUT2D eigenvalue weighted by Gasteiger charge is -2.11. The van der Waals surface area contributed by atoms with Gasteiger partial charge in [-0.2, -0.15) is 0 Å².